The topological polar surface area (TPSA) is 20.2 Å². The van der Waals surface area contributed by atoms with Crippen molar-refractivity contribution >= 4 is 0 Å². The second-order valence-electron chi connectivity index (χ2n) is 4.85. The van der Waals surface area contributed by atoms with Crippen LogP contribution in [-0.2, 0) is 5.60 Å². The molecule has 1 atom stereocenters. The van der Waals surface area contributed by atoms with E-state index in [1.54, 1.807) is 0 Å². The summed E-state index contributed by atoms with van der Waals surface area (Å²) in [5, 5.41) is 10.0. The van der Waals surface area contributed by atoms with Crippen LogP contribution in [0.3, 0.4) is 0 Å². The molecule has 1 aromatic carbocycles. The maximum Gasteiger partial charge on any atom is 0.382 e. The molecule has 2 rings (SSSR count). The van der Waals surface area contributed by atoms with Gasteiger partial charge in [0.25, 0.3) is 0 Å². The lowest BCUT2D eigenvalue weighted by atomic mass is 9.85. The first-order chi connectivity index (χ1) is 9.38. The molecule has 1 unspecified atom stereocenters. The molecule has 0 bridgehead atoms. The fourth-order valence-corrected chi connectivity index (χ4v) is 2.21. The smallest absolute Gasteiger partial charge is 0.381 e. The Labute approximate surface area is 114 Å². The van der Waals surface area contributed by atoms with Gasteiger partial charge in [-0.15, -0.1) is 0 Å². The van der Waals surface area contributed by atoms with Gasteiger partial charge in [0.15, 0.2) is 5.83 Å². The molecule has 0 saturated heterocycles. The SMILES string of the molecule is CC(O)(C1=C(F)C(F)(F)C(F)(F)C1(F)F)c1ccccc1. The summed E-state index contributed by atoms with van der Waals surface area (Å²) in [5.41, 5.74) is -5.75. The first-order valence-corrected chi connectivity index (χ1v) is 5.71. The molecule has 0 spiro atoms. The summed E-state index contributed by atoms with van der Waals surface area (Å²) < 4.78 is 93.4. The second kappa shape index (κ2) is 4.22. The molecule has 0 amide bonds. The summed E-state index contributed by atoms with van der Waals surface area (Å²) in [7, 11) is 0. The van der Waals surface area contributed by atoms with Crippen molar-refractivity contribution in [2.45, 2.75) is 30.3 Å². The zero-order chi connectivity index (χ0) is 16.3. The summed E-state index contributed by atoms with van der Waals surface area (Å²) in [6, 6.07) is 5.99. The van der Waals surface area contributed by atoms with E-state index in [9.17, 15) is 35.8 Å². The second-order valence-corrected chi connectivity index (χ2v) is 4.85. The third-order valence-corrected chi connectivity index (χ3v) is 3.42. The highest BCUT2D eigenvalue weighted by Crippen LogP contribution is 2.62. The van der Waals surface area contributed by atoms with E-state index in [0.29, 0.717) is 6.92 Å². The standard InChI is InChI=1S/C13H9F7O/c1-10(21,7-5-3-2-4-6-7)8-9(14)12(17,18)13(19,20)11(8,15)16/h2-6,21H,1H3. The van der Waals surface area contributed by atoms with Crippen LogP contribution in [0.2, 0.25) is 0 Å². The van der Waals surface area contributed by atoms with E-state index >= 15 is 0 Å². The fourth-order valence-electron chi connectivity index (χ4n) is 2.21. The van der Waals surface area contributed by atoms with Gasteiger partial charge in [-0.1, -0.05) is 30.3 Å². The maximum absolute atomic E-state index is 13.6. The van der Waals surface area contributed by atoms with Crippen LogP contribution in [0.15, 0.2) is 41.7 Å². The van der Waals surface area contributed by atoms with Gasteiger partial charge in [0.2, 0.25) is 0 Å². The third-order valence-electron chi connectivity index (χ3n) is 3.42. The maximum atomic E-state index is 13.6. The van der Waals surface area contributed by atoms with Gasteiger partial charge in [-0.2, -0.15) is 26.3 Å². The molecular weight excluding hydrogens is 305 g/mol. The molecule has 1 nitrogen and oxygen atoms in total. The quantitative estimate of drug-likeness (QED) is 0.817. The minimum Gasteiger partial charge on any atom is -0.381 e. The van der Waals surface area contributed by atoms with Crippen LogP contribution in [-0.4, -0.2) is 22.9 Å². The fraction of sp³-hybridized carbons (Fsp3) is 0.385. The van der Waals surface area contributed by atoms with Gasteiger partial charge in [0.05, 0.1) is 5.57 Å². The van der Waals surface area contributed by atoms with E-state index in [-0.39, 0.29) is 0 Å². The Bertz CT molecular complexity index is 590. The van der Waals surface area contributed by atoms with E-state index in [2.05, 4.69) is 0 Å². The average Bonchev–Trinajstić information content (AvgIpc) is 2.47. The molecule has 0 fully saturated rings. The lowest BCUT2D eigenvalue weighted by Gasteiger charge is -2.31. The minimum absolute atomic E-state index is 0.414. The number of alkyl halides is 6. The highest BCUT2D eigenvalue weighted by Gasteiger charge is 2.83. The number of hydrogen-bond acceptors (Lipinski definition) is 1. The van der Waals surface area contributed by atoms with Crippen molar-refractivity contribution in [2.75, 3.05) is 0 Å². The van der Waals surface area contributed by atoms with Crippen LogP contribution < -0.4 is 0 Å². The van der Waals surface area contributed by atoms with Crippen LogP contribution in [0.5, 0.6) is 0 Å². The Morgan fingerprint density at radius 2 is 1.38 bits per heavy atom. The van der Waals surface area contributed by atoms with Gasteiger partial charge in [-0.25, -0.2) is 4.39 Å². The Morgan fingerprint density at radius 1 is 0.905 bits per heavy atom. The Balaban J connectivity index is 2.70. The van der Waals surface area contributed by atoms with Gasteiger partial charge in [-0.05, 0) is 12.5 Å². The Hall–Kier alpha value is -1.57. The molecular formula is C13H9F7O. The van der Waals surface area contributed by atoms with Crippen LogP contribution in [0, 0.1) is 0 Å². The van der Waals surface area contributed by atoms with Crippen LogP contribution in [0.25, 0.3) is 0 Å². The molecule has 1 aromatic rings. The van der Waals surface area contributed by atoms with E-state index in [1.807, 2.05) is 0 Å². The number of aliphatic hydroxyl groups is 1. The molecule has 1 aliphatic rings. The molecule has 0 saturated carbocycles. The normalized spacial score (nSPS) is 25.8. The van der Waals surface area contributed by atoms with Gasteiger partial charge < -0.3 is 5.11 Å². The summed E-state index contributed by atoms with van der Waals surface area (Å²) in [6.07, 6.45) is 0. The molecule has 0 radical (unpaired) electrons. The molecule has 1 N–H and O–H groups in total. The third kappa shape index (κ3) is 1.81. The van der Waals surface area contributed by atoms with Gasteiger partial charge in [-0.3, -0.25) is 0 Å². The largest absolute Gasteiger partial charge is 0.382 e. The van der Waals surface area contributed by atoms with Crippen molar-refractivity contribution < 1.29 is 35.8 Å². The molecule has 0 heterocycles. The van der Waals surface area contributed by atoms with E-state index in [0.717, 1.165) is 12.1 Å². The molecule has 1 aliphatic carbocycles. The highest BCUT2D eigenvalue weighted by atomic mass is 19.3. The Kier molecular flexibility index (Phi) is 3.18. The summed E-state index contributed by atoms with van der Waals surface area (Å²) in [6.45, 7) is 0.558. The lowest BCUT2D eigenvalue weighted by Crippen LogP contribution is -2.50. The van der Waals surface area contributed by atoms with Crippen molar-refractivity contribution in [3.8, 4) is 0 Å². The number of rotatable bonds is 2. The number of halogens is 7. The monoisotopic (exact) mass is 314 g/mol. The van der Waals surface area contributed by atoms with Crippen molar-refractivity contribution in [3.05, 3.63) is 47.3 Å². The first-order valence-electron chi connectivity index (χ1n) is 5.71. The van der Waals surface area contributed by atoms with Crippen LogP contribution in [0.1, 0.15) is 12.5 Å². The summed E-state index contributed by atoms with van der Waals surface area (Å²) >= 11 is 0. The van der Waals surface area contributed by atoms with E-state index in [1.165, 1.54) is 18.2 Å². The first kappa shape index (κ1) is 15.8. The van der Waals surface area contributed by atoms with E-state index < -0.39 is 40.3 Å². The average molecular weight is 314 g/mol. The molecule has 8 heteroatoms. The van der Waals surface area contributed by atoms with Crippen molar-refractivity contribution in [2.24, 2.45) is 0 Å². The lowest BCUT2D eigenvalue weighted by molar-refractivity contribution is -0.271. The highest BCUT2D eigenvalue weighted by molar-refractivity contribution is 5.46. The van der Waals surface area contributed by atoms with Gasteiger partial charge in [0.1, 0.15) is 5.60 Å². The predicted octanol–water partition coefficient (Wildman–Crippen LogP) is 4.04. The Morgan fingerprint density at radius 3 is 1.76 bits per heavy atom. The van der Waals surface area contributed by atoms with E-state index in [4.69, 9.17) is 0 Å². The van der Waals surface area contributed by atoms with Crippen LogP contribution in [0.4, 0.5) is 30.7 Å². The van der Waals surface area contributed by atoms with Crippen molar-refractivity contribution in [3.63, 3.8) is 0 Å². The van der Waals surface area contributed by atoms with Crippen molar-refractivity contribution in [1.82, 2.24) is 0 Å². The predicted molar refractivity (Wildman–Crippen MR) is 59.0 cm³/mol. The van der Waals surface area contributed by atoms with Gasteiger partial charge in [0, 0.05) is 0 Å². The molecule has 0 aromatic heterocycles. The van der Waals surface area contributed by atoms with Gasteiger partial charge >= 0.3 is 17.8 Å². The summed E-state index contributed by atoms with van der Waals surface area (Å²) in [5.74, 6) is -20.2. The zero-order valence-electron chi connectivity index (χ0n) is 10.5. The molecule has 116 valence electrons. The number of benzene rings is 1. The number of allylic oxidation sites excluding steroid dienone is 1. The molecule has 21 heavy (non-hydrogen) atoms. The summed E-state index contributed by atoms with van der Waals surface area (Å²) in [4.78, 5) is 0. The molecule has 0 aliphatic heterocycles. The van der Waals surface area contributed by atoms with Crippen LogP contribution >= 0.6 is 0 Å². The zero-order valence-corrected chi connectivity index (χ0v) is 10.5. The number of hydrogen-bond donors (Lipinski definition) is 1. The minimum atomic E-state index is -5.96. The van der Waals surface area contributed by atoms with Crippen molar-refractivity contribution in [1.29, 1.82) is 0 Å².